The number of terminal acetylenes is 1. The van der Waals surface area contributed by atoms with E-state index >= 15 is 0 Å². The van der Waals surface area contributed by atoms with Crippen LogP contribution in [0.5, 0.6) is 0 Å². The van der Waals surface area contributed by atoms with Crippen LogP contribution in [0.1, 0.15) is 42.5 Å². The quantitative estimate of drug-likeness (QED) is 0.390. The lowest BCUT2D eigenvalue weighted by Crippen LogP contribution is -1.98. The molecule has 0 fully saturated rings. The molecule has 0 bridgehead atoms. The molecule has 0 atom stereocenters. The van der Waals surface area contributed by atoms with Crippen LogP contribution in [0.3, 0.4) is 0 Å². The van der Waals surface area contributed by atoms with Gasteiger partial charge < -0.3 is 0 Å². The molecular formula is C14H16O. The van der Waals surface area contributed by atoms with E-state index in [2.05, 4.69) is 5.92 Å². The normalized spacial score (nSPS) is 9.53. The Labute approximate surface area is 91.5 Å². The summed E-state index contributed by atoms with van der Waals surface area (Å²) in [5, 5.41) is 0. The van der Waals surface area contributed by atoms with Crippen LogP contribution in [-0.2, 0) is 0 Å². The van der Waals surface area contributed by atoms with Crippen molar-refractivity contribution in [3.63, 3.8) is 0 Å². The molecule has 0 aliphatic carbocycles. The zero-order valence-electron chi connectivity index (χ0n) is 8.91. The van der Waals surface area contributed by atoms with Gasteiger partial charge in [-0.1, -0.05) is 36.8 Å². The molecule has 1 aromatic rings. The van der Waals surface area contributed by atoms with Crippen LogP contribution in [0.2, 0.25) is 0 Å². The fourth-order valence-electron chi connectivity index (χ4n) is 1.46. The summed E-state index contributed by atoms with van der Waals surface area (Å²) in [5.74, 6) is 2.84. The lowest BCUT2D eigenvalue weighted by atomic mass is 10.0. The average Bonchev–Trinajstić information content (AvgIpc) is 2.30. The van der Waals surface area contributed by atoms with Gasteiger partial charge in [0, 0.05) is 18.4 Å². The number of carbonyl (C=O) groups excluding carboxylic acids is 1. The summed E-state index contributed by atoms with van der Waals surface area (Å²) in [7, 11) is 0. The van der Waals surface area contributed by atoms with Crippen molar-refractivity contribution in [2.24, 2.45) is 0 Å². The van der Waals surface area contributed by atoms with Crippen LogP contribution < -0.4 is 0 Å². The average molecular weight is 200 g/mol. The van der Waals surface area contributed by atoms with Gasteiger partial charge >= 0.3 is 0 Å². The Morgan fingerprint density at radius 2 is 1.87 bits per heavy atom. The Morgan fingerprint density at radius 1 is 1.13 bits per heavy atom. The monoisotopic (exact) mass is 200 g/mol. The summed E-state index contributed by atoms with van der Waals surface area (Å²) < 4.78 is 0. The number of hydrogen-bond acceptors (Lipinski definition) is 1. The maximum atomic E-state index is 11.6. The second-order valence-corrected chi connectivity index (χ2v) is 3.55. The molecule has 0 aromatic heterocycles. The van der Waals surface area contributed by atoms with E-state index in [1.165, 1.54) is 0 Å². The summed E-state index contributed by atoms with van der Waals surface area (Å²) in [6.45, 7) is 0. The molecule has 0 N–H and O–H groups in total. The largest absolute Gasteiger partial charge is 0.294 e. The second-order valence-electron chi connectivity index (χ2n) is 3.55. The number of rotatable bonds is 6. The predicted molar refractivity (Wildman–Crippen MR) is 62.7 cm³/mol. The molecule has 0 saturated carbocycles. The van der Waals surface area contributed by atoms with Crippen LogP contribution in [-0.4, -0.2) is 5.78 Å². The van der Waals surface area contributed by atoms with Crippen molar-refractivity contribution in [3.05, 3.63) is 35.9 Å². The van der Waals surface area contributed by atoms with Crippen LogP contribution >= 0.6 is 0 Å². The number of carbonyl (C=O) groups is 1. The fourth-order valence-corrected chi connectivity index (χ4v) is 1.46. The molecule has 15 heavy (non-hydrogen) atoms. The molecule has 78 valence electrons. The number of Topliss-reactive ketones (excluding diaryl/α,β-unsaturated/α-hetero) is 1. The van der Waals surface area contributed by atoms with Gasteiger partial charge in [-0.25, -0.2) is 0 Å². The topological polar surface area (TPSA) is 17.1 Å². The first-order valence-corrected chi connectivity index (χ1v) is 5.36. The summed E-state index contributed by atoms with van der Waals surface area (Å²) in [6, 6.07) is 9.44. The molecule has 1 nitrogen and oxygen atoms in total. The molecule has 0 aliphatic rings. The molecule has 0 amide bonds. The number of ketones is 1. The van der Waals surface area contributed by atoms with E-state index in [1.54, 1.807) is 0 Å². The van der Waals surface area contributed by atoms with Gasteiger partial charge in [0.1, 0.15) is 0 Å². The Bertz CT molecular complexity index is 332. The first-order chi connectivity index (χ1) is 7.34. The van der Waals surface area contributed by atoms with Crippen molar-refractivity contribution in [2.45, 2.75) is 32.1 Å². The second kappa shape index (κ2) is 6.84. The Hall–Kier alpha value is -1.55. The molecule has 0 radical (unpaired) electrons. The highest BCUT2D eigenvalue weighted by molar-refractivity contribution is 5.95. The minimum Gasteiger partial charge on any atom is -0.294 e. The van der Waals surface area contributed by atoms with Crippen molar-refractivity contribution >= 4 is 5.78 Å². The van der Waals surface area contributed by atoms with E-state index in [9.17, 15) is 4.79 Å². The minimum absolute atomic E-state index is 0.233. The van der Waals surface area contributed by atoms with Crippen molar-refractivity contribution in [3.8, 4) is 12.3 Å². The molecule has 0 saturated heterocycles. The van der Waals surface area contributed by atoms with Crippen molar-refractivity contribution < 1.29 is 4.79 Å². The van der Waals surface area contributed by atoms with Gasteiger partial charge in [0.2, 0.25) is 0 Å². The molecule has 0 unspecified atom stereocenters. The van der Waals surface area contributed by atoms with Gasteiger partial charge in [0.25, 0.3) is 0 Å². The first kappa shape index (κ1) is 11.5. The molecule has 1 aromatic carbocycles. The van der Waals surface area contributed by atoms with Crippen molar-refractivity contribution in [2.75, 3.05) is 0 Å². The smallest absolute Gasteiger partial charge is 0.162 e. The van der Waals surface area contributed by atoms with Gasteiger partial charge in [0.15, 0.2) is 5.78 Å². The van der Waals surface area contributed by atoms with Crippen LogP contribution in [0.15, 0.2) is 30.3 Å². The zero-order chi connectivity index (χ0) is 10.9. The highest BCUT2D eigenvalue weighted by Crippen LogP contribution is 2.08. The van der Waals surface area contributed by atoms with E-state index in [-0.39, 0.29) is 5.78 Å². The lowest BCUT2D eigenvalue weighted by molar-refractivity contribution is 0.0979. The summed E-state index contributed by atoms with van der Waals surface area (Å²) in [6.07, 6.45) is 9.61. The molecule has 1 heteroatoms. The van der Waals surface area contributed by atoms with Crippen molar-refractivity contribution in [1.29, 1.82) is 0 Å². The van der Waals surface area contributed by atoms with Gasteiger partial charge in [-0.15, -0.1) is 12.3 Å². The Balaban J connectivity index is 2.23. The van der Waals surface area contributed by atoms with E-state index in [0.717, 1.165) is 31.2 Å². The lowest BCUT2D eigenvalue weighted by Gasteiger charge is -1.99. The fraction of sp³-hybridized carbons (Fsp3) is 0.357. The molecule has 0 heterocycles. The van der Waals surface area contributed by atoms with E-state index in [4.69, 9.17) is 6.42 Å². The number of unbranched alkanes of at least 4 members (excludes halogenated alkanes) is 3. The number of hydrogen-bond donors (Lipinski definition) is 0. The molecule has 0 spiro atoms. The highest BCUT2D eigenvalue weighted by Gasteiger charge is 2.03. The van der Waals surface area contributed by atoms with Crippen LogP contribution in [0, 0.1) is 12.3 Å². The van der Waals surface area contributed by atoms with E-state index in [1.807, 2.05) is 30.3 Å². The van der Waals surface area contributed by atoms with Gasteiger partial charge in [-0.3, -0.25) is 4.79 Å². The molecule has 1 rings (SSSR count). The zero-order valence-corrected chi connectivity index (χ0v) is 8.91. The van der Waals surface area contributed by atoms with Gasteiger partial charge in [-0.05, 0) is 12.8 Å². The predicted octanol–water partition coefficient (Wildman–Crippen LogP) is 3.45. The molecular weight excluding hydrogens is 184 g/mol. The number of benzene rings is 1. The maximum Gasteiger partial charge on any atom is 0.162 e. The SMILES string of the molecule is C#CCCCCCC(=O)c1ccccc1. The Kier molecular flexibility index (Phi) is 5.25. The summed E-state index contributed by atoms with van der Waals surface area (Å²) >= 11 is 0. The Morgan fingerprint density at radius 3 is 2.53 bits per heavy atom. The standard InChI is InChI=1S/C14H16O/c1-2-3-4-5-9-12-14(15)13-10-7-6-8-11-13/h1,6-8,10-11H,3-5,9,12H2. The summed E-state index contributed by atoms with van der Waals surface area (Å²) in [5.41, 5.74) is 0.814. The van der Waals surface area contributed by atoms with E-state index < -0.39 is 0 Å². The first-order valence-electron chi connectivity index (χ1n) is 5.36. The van der Waals surface area contributed by atoms with Crippen LogP contribution in [0.4, 0.5) is 0 Å². The van der Waals surface area contributed by atoms with Crippen LogP contribution in [0.25, 0.3) is 0 Å². The van der Waals surface area contributed by atoms with E-state index in [0.29, 0.717) is 6.42 Å². The highest BCUT2D eigenvalue weighted by atomic mass is 16.1. The maximum absolute atomic E-state index is 11.6. The third-order valence-corrected chi connectivity index (χ3v) is 2.32. The summed E-state index contributed by atoms with van der Waals surface area (Å²) in [4.78, 5) is 11.6. The van der Waals surface area contributed by atoms with Gasteiger partial charge in [0.05, 0.1) is 0 Å². The van der Waals surface area contributed by atoms with Crippen molar-refractivity contribution in [1.82, 2.24) is 0 Å². The molecule has 0 aliphatic heterocycles. The van der Waals surface area contributed by atoms with Gasteiger partial charge in [-0.2, -0.15) is 0 Å². The third kappa shape index (κ3) is 4.46. The minimum atomic E-state index is 0.233. The third-order valence-electron chi connectivity index (χ3n) is 2.32.